The molecule has 0 bridgehead atoms. The van der Waals surface area contributed by atoms with Crippen molar-refractivity contribution in [1.29, 1.82) is 0 Å². The van der Waals surface area contributed by atoms with E-state index in [1.807, 2.05) is 30.3 Å². The highest BCUT2D eigenvalue weighted by molar-refractivity contribution is 7.84. The molecule has 2 amide bonds. The molecule has 2 aromatic carbocycles. The van der Waals surface area contributed by atoms with E-state index in [0.29, 0.717) is 6.42 Å². The van der Waals surface area contributed by atoms with Gasteiger partial charge in [0.1, 0.15) is 17.1 Å². The van der Waals surface area contributed by atoms with Gasteiger partial charge in [-0.15, -0.1) is 0 Å². The summed E-state index contributed by atoms with van der Waals surface area (Å²) in [5, 5.41) is 14.7. The lowest BCUT2D eigenvalue weighted by Gasteiger charge is -2.17. The summed E-state index contributed by atoms with van der Waals surface area (Å²) < 4.78 is 30.7. The van der Waals surface area contributed by atoms with Gasteiger partial charge in [-0.25, -0.2) is 4.39 Å². The number of aliphatic hydroxyl groups excluding tert-OH is 1. The highest BCUT2D eigenvalue weighted by atomic mass is 32.2. The SMILES string of the molecule is CS(=O)CCNC(=O)c1c(F)cccc1OCC(=O)N[C@H](CO)Cc1ccccc1. The molecule has 0 aliphatic heterocycles. The zero-order valence-corrected chi connectivity index (χ0v) is 17.4. The van der Waals surface area contributed by atoms with Crippen molar-refractivity contribution in [1.82, 2.24) is 10.6 Å². The Morgan fingerprint density at radius 3 is 2.57 bits per heavy atom. The molecule has 0 heterocycles. The lowest BCUT2D eigenvalue weighted by Crippen LogP contribution is -2.41. The van der Waals surface area contributed by atoms with Gasteiger partial charge in [-0.1, -0.05) is 36.4 Å². The first-order valence-electron chi connectivity index (χ1n) is 9.34. The molecule has 9 heteroatoms. The summed E-state index contributed by atoms with van der Waals surface area (Å²) in [6.07, 6.45) is 1.94. The monoisotopic (exact) mass is 436 g/mol. The second kappa shape index (κ2) is 12.0. The standard InChI is InChI=1S/C21H25FN2O5S/c1-30(28)11-10-23-21(27)20-17(22)8-5-9-18(20)29-14-19(26)24-16(13-25)12-15-6-3-2-4-7-15/h2-9,16,25H,10-14H2,1H3,(H,23,27)(H,24,26)/t16-,30?/m0/s1. The maximum atomic E-state index is 14.2. The van der Waals surface area contributed by atoms with Crippen LogP contribution in [0.1, 0.15) is 15.9 Å². The van der Waals surface area contributed by atoms with Crippen LogP contribution in [0.4, 0.5) is 4.39 Å². The summed E-state index contributed by atoms with van der Waals surface area (Å²) >= 11 is 0. The minimum absolute atomic E-state index is 0.0797. The first kappa shape index (κ1) is 23.5. The van der Waals surface area contributed by atoms with E-state index in [2.05, 4.69) is 10.6 Å². The molecule has 0 saturated heterocycles. The van der Waals surface area contributed by atoms with Crippen LogP contribution in [0.3, 0.4) is 0 Å². The Kier molecular flexibility index (Phi) is 9.43. The lowest BCUT2D eigenvalue weighted by atomic mass is 10.1. The molecule has 1 unspecified atom stereocenters. The van der Waals surface area contributed by atoms with Gasteiger partial charge >= 0.3 is 0 Å². The predicted octanol–water partition coefficient (Wildman–Crippen LogP) is 1.03. The van der Waals surface area contributed by atoms with Crippen molar-refractivity contribution in [2.75, 3.05) is 31.8 Å². The summed E-state index contributed by atoms with van der Waals surface area (Å²) in [7, 11) is -1.09. The Labute approximate surface area is 177 Å². The number of carbonyl (C=O) groups is 2. The van der Waals surface area contributed by atoms with Crippen molar-refractivity contribution < 1.29 is 28.0 Å². The number of nitrogens with one attached hydrogen (secondary N) is 2. The minimum Gasteiger partial charge on any atom is -0.483 e. The highest BCUT2D eigenvalue weighted by Gasteiger charge is 2.19. The fraction of sp³-hybridized carbons (Fsp3) is 0.333. The van der Waals surface area contributed by atoms with Crippen LogP contribution in [0.15, 0.2) is 48.5 Å². The molecule has 0 aliphatic rings. The maximum Gasteiger partial charge on any atom is 0.258 e. The van der Waals surface area contributed by atoms with E-state index < -0.39 is 41.1 Å². The summed E-state index contributed by atoms with van der Waals surface area (Å²) in [6.45, 7) is -0.588. The number of carbonyl (C=O) groups excluding carboxylic acids is 2. The zero-order valence-electron chi connectivity index (χ0n) is 16.6. The van der Waals surface area contributed by atoms with Crippen molar-refractivity contribution in [2.24, 2.45) is 0 Å². The van der Waals surface area contributed by atoms with Gasteiger partial charge < -0.3 is 20.5 Å². The van der Waals surface area contributed by atoms with Gasteiger partial charge in [-0.2, -0.15) is 0 Å². The molecule has 2 rings (SSSR count). The van der Waals surface area contributed by atoms with Gasteiger partial charge in [0.25, 0.3) is 11.8 Å². The van der Waals surface area contributed by atoms with Gasteiger partial charge in [0.15, 0.2) is 6.61 Å². The van der Waals surface area contributed by atoms with Gasteiger partial charge in [-0.3, -0.25) is 13.8 Å². The fourth-order valence-corrected chi connectivity index (χ4v) is 3.10. The average Bonchev–Trinajstić information content (AvgIpc) is 2.72. The van der Waals surface area contributed by atoms with Crippen molar-refractivity contribution in [3.63, 3.8) is 0 Å². The summed E-state index contributed by atoms with van der Waals surface area (Å²) in [5.41, 5.74) is 0.630. The van der Waals surface area contributed by atoms with Crippen LogP contribution >= 0.6 is 0 Å². The van der Waals surface area contributed by atoms with Crippen LogP contribution < -0.4 is 15.4 Å². The Balaban J connectivity index is 1.95. The molecular formula is C21H25FN2O5S. The van der Waals surface area contributed by atoms with Crippen molar-refractivity contribution in [2.45, 2.75) is 12.5 Å². The van der Waals surface area contributed by atoms with E-state index in [-0.39, 0.29) is 30.2 Å². The Morgan fingerprint density at radius 2 is 1.90 bits per heavy atom. The van der Waals surface area contributed by atoms with Crippen LogP contribution in [0.5, 0.6) is 5.75 Å². The van der Waals surface area contributed by atoms with Crippen molar-refractivity contribution in [3.05, 3.63) is 65.5 Å². The van der Waals surface area contributed by atoms with Gasteiger partial charge in [0.2, 0.25) is 0 Å². The van der Waals surface area contributed by atoms with E-state index in [4.69, 9.17) is 4.74 Å². The Bertz CT molecular complexity index is 879. The molecule has 0 saturated carbocycles. The van der Waals surface area contributed by atoms with Gasteiger partial charge in [-0.05, 0) is 24.1 Å². The van der Waals surface area contributed by atoms with Crippen LogP contribution in [0.25, 0.3) is 0 Å². The molecule has 0 fully saturated rings. The van der Waals surface area contributed by atoms with Crippen molar-refractivity contribution >= 4 is 22.6 Å². The summed E-state index contributed by atoms with van der Waals surface area (Å²) in [6, 6.07) is 12.7. The first-order valence-corrected chi connectivity index (χ1v) is 11.1. The second-order valence-electron chi connectivity index (χ2n) is 6.57. The number of rotatable bonds is 11. The number of ether oxygens (including phenoxy) is 1. The van der Waals surface area contributed by atoms with Crippen LogP contribution in [-0.4, -0.2) is 58.9 Å². The molecule has 0 aliphatic carbocycles. The van der Waals surface area contributed by atoms with Crippen LogP contribution in [0.2, 0.25) is 0 Å². The number of amides is 2. The minimum atomic E-state index is -1.09. The molecule has 0 aromatic heterocycles. The number of aliphatic hydroxyl groups is 1. The normalized spacial score (nSPS) is 12.6. The third-order valence-corrected chi connectivity index (χ3v) is 4.93. The number of hydrogen-bond acceptors (Lipinski definition) is 5. The molecule has 0 radical (unpaired) electrons. The lowest BCUT2D eigenvalue weighted by molar-refractivity contribution is -0.124. The molecule has 2 aromatic rings. The third-order valence-electron chi connectivity index (χ3n) is 4.15. The number of halogens is 1. The van der Waals surface area contributed by atoms with E-state index in [9.17, 15) is 23.3 Å². The molecule has 30 heavy (non-hydrogen) atoms. The highest BCUT2D eigenvalue weighted by Crippen LogP contribution is 2.21. The van der Waals surface area contributed by atoms with Crippen LogP contribution in [0, 0.1) is 5.82 Å². The predicted molar refractivity (Wildman–Crippen MR) is 112 cm³/mol. The smallest absolute Gasteiger partial charge is 0.258 e. The Morgan fingerprint density at radius 1 is 1.17 bits per heavy atom. The van der Waals surface area contributed by atoms with Crippen molar-refractivity contribution in [3.8, 4) is 5.75 Å². The topological polar surface area (TPSA) is 105 Å². The largest absolute Gasteiger partial charge is 0.483 e. The van der Waals surface area contributed by atoms with E-state index in [1.54, 1.807) is 0 Å². The molecule has 7 nitrogen and oxygen atoms in total. The quantitative estimate of drug-likeness (QED) is 0.488. The zero-order chi connectivity index (χ0) is 21.9. The third kappa shape index (κ3) is 7.57. The van der Waals surface area contributed by atoms with E-state index >= 15 is 0 Å². The second-order valence-corrected chi connectivity index (χ2v) is 8.13. The molecule has 162 valence electrons. The Hall–Kier alpha value is -2.78. The fourth-order valence-electron chi connectivity index (χ4n) is 2.71. The number of hydrogen-bond donors (Lipinski definition) is 3. The average molecular weight is 437 g/mol. The molecule has 2 atom stereocenters. The van der Waals surface area contributed by atoms with Gasteiger partial charge in [0.05, 0.1) is 12.6 Å². The summed E-state index contributed by atoms with van der Waals surface area (Å²) in [4.78, 5) is 24.5. The van der Waals surface area contributed by atoms with E-state index in [0.717, 1.165) is 11.6 Å². The molecule has 3 N–H and O–H groups in total. The molecular weight excluding hydrogens is 411 g/mol. The maximum absolute atomic E-state index is 14.2. The van der Waals surface area contributed by atoms with E-state index in [1.165, 1.54) is 18.4 Å². The number of benzene rings is 2. The van der Waals surface area contributed by atoms with Crippen LogP contribution in [-0.2, 0) is 22.0 Å². The summed E-state index contributed by atoms with van der Waals surface area (Å²) in [5.74, 6) is -1.86. The molecule has 0 spiro atoms. The van der Waals surface area contributed by atoms with Gasteiger partial charge in [0, 0.05) is 29.4 Å². The first-order chi connectivity index (χ1) is 14.4.